The summed E-state index contributed by atoms with van der Waals surface area (Å²) in [6.45, 7) is 10.6. The van der Waals surface area contributed by atoms with E-state index >= 15 is 0 Å². The van der Waals surface area contributed by atoms with E-state index in [0.717, 1.165) is 67.0 Å². The van der Waals surface area contributed by atoms with Crippen molar-refractivity contribution < 1.29 is 9.59 Å². The second kappa shape index (κ2) is 9.89. The number of rotatable bonds is 4. The van der Waals surface area contributed by atoms with Crippen molar-refractivity contribution in [3.8, 4) is 0 Å². The van der Waals surface area contributed by atoms with Gasteiger partial charge in [-0.25, -0.2) is 9.97 Å². The molecular formula is C27H35N7O2. The van der Waals surface area contributed by atoms with Crippen LogP contribution in [0.5, 0.6) is 0 Å². The topological polar surface area (TPSA) is 109 Å². The predicted octanol–water partition coefficient (Wildman–Crippen LogP) is 3.35. The van der Waals surface area contributed by atoms with Gasteiger partial charge in [-0.05, 0) is 61.1 Å². The molecule has 9 nitrogen and oxygen atoms in total. The normalized spacial score (nSPS) is 20.4. The monoisotopic (exact) mass is 489 g/mol. The fourth-order valence-electron chi connectivity index (χ4n) is 5.48. The average molecular weight is 490 g/mol. The van der Waals surface area contributed by atoms with E-state index in [9.17, 15) is 9.59 Å². The summed E-state index contributed by atoms with van der Waals surface area (Å²) >= 11 is 0. The van der Waals surface area contributed by atoms with E-state index in [1.54, 1.807) is 11.0 Å². The fraction of sp³-hybridized carbons (Fsp3) is 0.481. The van der Waals surface area contributed by atoms with Crippen molar-refractivity contribution in [2.75, 3.05) is 30.7 Å². The highest BCUT2D eigenvalue weighted by atomic mass is 16.2. The summed E-state index contributed by atoms with van der Waals surface area (Å²) in [5, 5.41) is 2.73. The summed E-state index contributed by atoms with van der Waals surface area (Å²) in [7, 11) is 0. The van der Waals surface area contributed by atoms with Crippen LogP contribution in [0.2, 0.25) is 0 Å². The van der Waals surface area contributed by atoms with Crippen LogP contribution in [0.3, 0.4) is 0 Å². The first kappa shape index (κ1) is 24.2. The van der Waals surface area contributed by atoms with E-state index in [2.05, 4.69) is 51.8 Å². The third-order valence-electron chi connectivity index (χ3n) is 7.60. The van der Waals surface area contributed by atoms with E-state index in [4.69, 9.17) is 10.7 Å². The van der Waals surface area contributed by atoms with Crippen molar-refractivity contribution in [1.29, 1.82) is 0 Å². The van der Waals surface area contributed by atoms with Gasteiger partial charge >= 0.3 is 11.8 Å². The predicted molar refractivity (Wildman–Crippen MR) is 140 cm³/mol. The molecule has 2 amide bonds. The number of benzene rings is 1. The van der Waals surface area contributed by atoms with Gasteiger partial charge in [-0.2, -0.15) is 0 Å². The Labute approximate surface area is 211 Å². The van der Waals surface area contributed by atoms with Crippen LogP contribution >= 0.6 is 0 Å². The number of aryl methyl sites for hydroxylation is 1. The first-order chi connectivity index (χ1) is 17.4. The molecule has 1 fully saturated rings. The molecule has 0 spiro atoms. The number of piperidine rings is 1. The maximum atomic E-state index is 13.4. The van der Waals surface area contributed by atoms with Gasteiger partial charge in [0.25, 0.3) is 0 Å². The first-order valence-electron chi connectivity index (χ1n) is 13.0. The van der Waals surface area contributed by atoms with E-state index in [1.807, 2.05) is 6.92 Å². The maximum Gasteiger partial charge on any atom is 0.313 e. The van der Waals surface area contributed by atoms with Crippen molar-refractivity contribution in [3.05, 3.63) is 47.4 Å². The number of imidazole rings is 1. The smallest absolute Gasteiger partial charge is 0.313 e. The van der Waals surface area contributed by atoms with Gasteiger partial charge in [0.2, 0.25) is 0 Å². The highest BCUT2D eigenvalue weighted by molar-refractivity contribution is 6.39. The molecule has 0 radical (unpaired) electrons. The molecule has 2 aliphatic rings. The van der Waals surface area contributed by atoms with Crippen LogP contribution in [0.25, 0.3) is 11.0 Å². The molecular weight excluding hydrogens is 454 g/mol. The van der Waals surface area contributed by atoms with Crippen LogP contribution in [0.15, 0.2) is 30.5 Å². The Morgan fingerprint density at radius 1 is 1.17 bits per heavy atom. The Balaban J connectivity index is 1.39. The Morgan fingerprint density at radius 3 is 2.78 bits per heavy atom. The quantitative estimate of drug-likeness (QED) is 0.544. The molecule has 1 aromatic carbocycles. The molecule has 5 rings (SSSR count). The lowest BCUT2D eigenvalue weighted by Crippen LogP contribution is -2.46. The Morgan fingerprint density at radius 2 is 2.00 bits per heavy atom. The number of nitrogen functional groups attached to an aromatic ring is 1. The van der Waals surface area contributed by atoms with Crippen molar-refractivity contribution in [2.45, 2.75) is 59.2 Å². The van der Waals surface area contributed by atoms with E-state index in [1.165, 1.54) is 6.20 Å². The number of fused-ring (bicyclic) bond motifs is 3. The van der Waals surface area contributed by atoms with E-state index in [0.29, 0.717) is 30.4 Å². The van der Waals surface area contributed by atoms with Crippen LogP contribution in [0.4, 0.5) is 11.5 Å². The number of nitrogens with one attached hydrogen (secondary N) is 1. The van der Waals surface area contributed by atoms with Gasteiger partial charge in [-0.15, -0.1) is 0 Å². The Kier molecular flexibility index (Phi) is 6.66. The number of nitrogens with zero attached hydrogens (tertiary/aromatic N) is 5. The third-order valence-corrected chi connectivity index (χ3v) is 7.60. The number of pyridine rings is 1. The summed E-state index contributed by atoms with van der Waals surface area (Å²) < 4.78 is 2.30. The zero-order valence-electron chi connectivity index (χ0n) is 21.3. The lowest BCUT2D eigenvalue weighted by molar-refractivity contribution is -0.146. The van der Waals surface area contributed by atoms with Crippen LogP contribution < -0.4 is 11.1 Å². The number of amides is 2. The second-order valence-electron chi connectivity index (χ2n) is 10.0. The van der Waals surface area contributed by atoms with Crippen LogP contribution in [-0.4, -0.2) is 55.8 Å². The standard InChI is InChI=1S/C27H35N7O2/c1-4-18-12-20(14-29-25(18)28)30-26(35)27(36)34-15-17(3)6-8-22(34)19-7-9-23-21(13-19)31-24-16-32(5-2)10-11-33(23)24/h7,9,12-14,17,22H,4-6,8,10-11,15-16H2,1-3H3,(H2,28,29)(H,30,35). The lowest BCUT2D eigenvalue weighted by Gasteiger charge is -2.38. The largest absolute Gasteiger partial charge is 0.383 e. The molecule has 0 bridgehead atoms. The molecule has 2 aliphatic heterocycles. The minimum Gasteiger partial charge on any atom is -0.383 e. The number of hydrogen-bond acceptors (Lipinski definition) is 6. The molecule has 0 aliphatic carbocycles. The zero-order chi connectivity index (χ0) is 25.4. The minimum atomic E-state index is -0.652. The number of carbonyl (C=O) groups is 2. The van der Waals surface area contributed by atoms with Gasteiger partial charge < -0.3 is 20.5 Å². The molecule has 3 aromatic rings. The van der Waals surface area contributed by atoms with E-state index < -0.39 is 11.8 Å². The molecule has 2 aromatic heterocycles. The minimum absolute atomic E-state index is 0.162. The van der Waals surface area contributed by atoms with Crippen LogP contribution in [-0.2, 0) is 29.1 Å². The number of likely N-dealkylation sites (N-methyl/N-ethyl adjacent to an activating group) is 1. The lowest BCUT2D eigenvalue weighted by atomic mass is 9.89. The molecule has 0 saturated carbocycles. The average Bonchev–Trinajstić information content (AvgIpc) is 3.26. The molecule has 4 heterocycles. The van der Waals surface area contributed by atoms with Crippen molar-refractivity contribution in [1.82, 2.24) is 24.3 Å². The van der Waals surface area contributed by atoms with Gasteiger partial charge in [0.05, 0.1) is 35.5 Å². The van der Waals surface area contributed by atoms with Crippen molar-refractivity contribution in [2.24, 2.45) is 5.92 Å². The van der Waals surface area contributed by atoms with Gasteiger partial charge in [-0.1, -0.05) is 26.8 Å². The fourth-order valence-corrected chi connectivity index (χ4v) is 5.48. The van der Waals surface area contributed by atoms with Gasteiger partial charge in [0, 0.05) is 19.6 Å². The van der Waals surface area contributed by atoms with Gasteiger partial charge in [0.15, 0.2) is 0 Å². The third kappa shape index (κ3) is 4.55. The molecule has 3 N–H and O–H groups in total. The summed E-state index contributed by atoms with van der Waals surface area (Å²) in [6.07, 6.45) is 4.00. The van der Waals surface area contributed by atoms with E-state index in [-0.39, 0.29) is 6.04 Å². The highest BCUT2D eigenvalue weighted by Crippen LogP contribution is 2.35. The Hall–Kier alpha value is -3.46. The second-order valence-corrected chi connectivity index (χ2v) is 10.0. The first-order valence-corrected chi connectivity index (χ1v) is 13.0. The zero-order valence-corrected chi connectivity index (χ0v) is 21.3. The van der Waals surface area contributed by atoms with Gasteiger partial charge in [0.1, 0.15) is 11.6 Å². The molecule has 190 valence electrons. The van der Waals surface area contributed by atoms with Crippen LogP contribution in [0.1, 0.15) is 56.6 Å². The SMILES string of the molecule is CCc1cc(NC(=O)C(=O)N2CC(C)CCC2c2ccc3c(c2)nc2n3CCN(CC)C2)cnc1N. The number of likely N-dealkylation sites (tertiary alicyclic amines) is 1. The number of nitrogens with two attached hydrogens (primary N) is 1. The van der Waals surface area contributed by atoms with Crippen LogP contribution in [0, 0.1) is 5.92 Å². The maximum absolute atomic E-state index is 13.4. The summed E-state index contributed by atoms with van der Waals surface area (Å²) in [6, 6.07) is 7.94. The van der Waals surface area contributed by atoms with Gasteiger partial charge in [-0.3, -0.25) is 14.5 Å². The number of aromatic nitrogens is 3. The molecule has 9 heteroatoms. The molecule has 36 heavy (non-hydrogen) atoms. The number of hydrogen-bond donors (Lipinski definition) is 2. The summed E-state index contributed by atoms with van der Waals surface area (Å²) in [5.74, 6) is 0.672. The highest BCUT2D eigenvalue weighted by Gasteiger charge is 2.34. The summed E-state index contributed by atoms with van der Waals surface area (Å²) in [5.41, 5.74) is 10.3. The number of anilines is 2. The molecule has 2 atom stereocenters. The Bertz CT molecular complexity index is 1300. The molecule has 1 saturated heterocycles. The van der Waals surface area contributed by atoms with Crippen molar-refractivity contribution in [3.63, 3.8) is 0 Å². The number of carbonyl (C=O) groups excluding carboxylic acids is 2. The molecule has 2 unspecified atom stereocenters. The van der Waals surface area contributed by atoms with Crippen molar-refractivity contribution >= 4 is 34.4 Å². The summed E-state index contributed by atoms with van der Waals surface area (Å²) in [4.78, 5) is 39.6.